The molecule has 7 heteroatoms. The van der Waals surface area contributed by atoms with Crippen LogP contribution in [-0.4, -0.2) is 36.9 Å². The highest BCUT2D eigenvalue weighted by Crippen LogP contribution is 2.27. The van der Waals surface area contributed by atoms with Crippen LogP contribution in [0.15, 0.2) is 30.3 Å². The first-order chi connectivity index (χ1) is 12.7. The summed E-state index contributed by atoms with van der Waals surface area (Å²) < 4.78 is 10.5. The summed E-state index contributed by atoms with van der Waals surface area (Å²) in [5.41, 5.74) is 1.13. The average Bonchev–Trinajstić information content (AvgIpc) is 2.67. The van der Waals surface area contributed by atoms with Crippen LogP contribution in [-0.2, 0) is 11.2 Å². The Morgan fingerprint density at radius 3 is 2.42 bits per heavy atom. The van der Waals surface area contributed by atoms with Crippen molar-refractivity contribution >= 4 is 17.5 Å². The topological polar surface area (TPSA) is 85.4 Å². The summed E-state index contributed by atoms with van der Waals surface area (Å²) in [6.07, 6.45) is 3.16. The first-order valence-electron chi connectivity index (χ1n) is 8.74. The zero-order valence-electron chi connectivity index (χ0n) is 15.5. The molecule has 0 spiro atoms. The van der Waals surface area contributed by atoms with Gasteiger partial charge < -0.3 is 20.1 Å². The number of nitrogens with zero attached hydrogens (tertiary/aromatic N) is 2. The van der Waals surface area contributed by atoms with E-state index >= 15 is 0 Å². The van der Waals surface area contributed by atoms with Crippen LogP contribution in [0, 0.1) is 0 Å². The van der Waals surface area contributed by atoms with Crippen LogP contribution < -0.4 is 20.1 Å². The molecule has 0 aliphatic heterocycles. The van der Waals surface area contributed by atoms with Gasteiger partial charge in [-0.1, -0.05) is 19.4 Å². The number of carbonyl (C=O) groups excluding carboxylic acids is 1. The van der Waals surface area contributed by atoms with Gasteiger partial charge in [0.2, 0.25) is 5.91 Å². The molecule has 0 saturated carbocycles. The van der Waals surface area contributed by atoms with E-state index in [0.717, 1.165) is 24.8 Å². The molecule has 0 unspecified atom stereocenters. The van der Waals surface area contributed by atoms with Crippen LogP contribution in [0.2, 0.25) is 0 Å². The number of carbonyl (C=O) groups is 1. The van der Waals surface area contributed by atoms with E-state index in [-0.39, 0.29) is 5.91 Å². The predicted octanol–water partition coefficient (Wildman–Crippen LogP) is 3.28. The van der Waals surface area contributed by atoms with Gasteiger partial charge >= 0.3 is 0 Å². The standard InChI is InChI=1S/C19H26N4O3/c1-4-5-6-19(24)21-18-10-9-17(22-23-18)20-12-11-14-7-8-15(25-2)16(13-14)26-3/h7-10,13H,4-6,11-12H2,1-3H3,(H,20,22)(H,21,23,24). The van der Waals surface area contributed by atoms with Crippen molar-refractivity contribution in [3.8, 4) is 11.5 Å². The Bertz CT molecular complexity index is 704. The molecule has 0 radical (unpaired) electrons. The summed E-state index contributed by atoms with van der Waals surface area (Å²) in [7, 11) is 3.24. The number of amides is 1. The summed E-state index contributed by atoms with van der Waals surface area (Å²) in [4.78, 5) is 11.7. The van der Waals surface area contributed by atoms with Crippen molar-refractivity contribution in [1.29, 1.82) is 0 Å². The molecule has 2 rings (SSSR count). The SMILES string of the molecule is CCCCC(=O)Nc1ccc(NCCc2ccc(OC)c(OC)c2)nn1. The fraction of sp³-hybridized carbons (Fsp3) is 0.421. The number of hydrogen-bond donors (Lipinski definition) is 2. The molecule has 2 N–H and O–H groups in total. The molecule has 26 heavy (non-hydrogen) atoms. The van der Waals surface area contributed by atoms with Crippen LogP contribution in [0.25, 0.3) is 0 Å². The van der Waals surface area contributed by atoms with Gasteiger partial charge in [0.25, 0.3) is 0 Å². The summed E-state index contributed by atoms with van der Waals surface area (Å²) in [6, 6.07) is 9.40. The second-order valence-corrected chi connectivity index (χ2v) is 5.82. The third-order valence-electron chi connectivity index (χ3n) is 3.86. The highest BCUT2D eigenvalue weighted by atomic mass is 16.5. The summed E-state index contributed by atoms with van der Waals surface area (Å²) in [5.74, 6) is 2.53. The normalized spacial score (nSPS) is 10.3. The van der Waals surface area contributed by atoms with Crippen LogP contribution in [0.1, 0.15) is 31.7 Å². The highest BCUT2D eigenvalue weighted by molar-refractivity contribution is 5.89. The smallest absolute Gasteiger partial charge is 0.225 e. The Morgan fingerprint density at radius 1 is 1.04 bits per heavy atom. The maximum Gasteiger partial charge on any atom is 0.225 e. The Labute approximate surface area is 154 Å². The van der Waals surface area contributed by atoms with Crippen LogP contribution in [0.4, 0.5) is 11.6 Å². The molecule has 0 atom stereocenters. The van der Waals surface area contributed by atoms with E-state index in [0.29, 0.717) is 36.1 Å². The molecule has 0 fully saturated rings. The Balaban J connectivity index is 1.82. The minimum atomic E-state index is -0.0321. The minimum absolute atomic E-state index is 0.0321. The van der Waals surface area contributed by atoms with E-state index < -0.39 is 0 Å². The van der Waals surface area contributed by atoms with Crippen LogP contribution in [0.5, 0.6) is 11.5 Å². The van der Waals surface area contributed by atoms with Crippen molar-refractivity contribution in [3.05, 3.63) is 35.9 Å². The van der Waals surface area contributed by atoms with Gasteiger partial charge in [-0.3, -0.25) is 4.79 Å². The lowest BCUT2D eigenvalue weighted by Gasteiger charge is -2.10. The molecule has 140 valence electrons. The molecule has 1 heterocycles. The number of ether oxygens (including phenoxy) is 2. The summed E-state index contributed by atoms with van der Waals surface area (Å²) in [6.45, 7) is 2.75. The van der Waals surface area contributed by atoms with Crippen molar-refractivity contribution < 1.29 is 14.3 Å². The molecule has 2 aromatic rings. The van der Waals surface area contributed by atoms with Crippen molar-refractivity contribution in [2.75, 3.05) is 31.4 Å². The Hall–Kier alpha value is -2.83. The predicted molar refractivity (Wildman–Crippen MR) is 102 cm³/mol. The van der Waals surface area contributed by atoms with E-state index in [4.69, 9.17) is 9.47 Å². The molecule has 1 amide bonds. The number of aromatic nitrogens is 2. The van der Waals surface area contributed by atoms with Crippen molar-refractivity contribution in [2.24, 2.45) is 0 Å². The number of nitrogens with one attached hydrogen (secondary N) is 2. The number of unbranched alkanes of at least 4 members (excludes halogenated alkanes) is 1. The van der Waals surface area contributed by atoms with Crippen molar-refractivity contribution in [1.82, 2.24) is 10.2 Å². The number of anilines is 2. The van der Waals surface area contributed by atoms with E-state index in [9.17, 15) is 4.79 Å². The van der Waals surface area contributed by atoms with Crippen LogP contribution in [0.3, 0.4) is 0 Å². The van der Waals surface area contributed by atoms with E-state index in [1.165, 1.54) is 0 Å². The number of methoxy groups -OCH3 is 2. The maximum absolute atomic E-state index is 11.7. The van der Waals surface area contributed by atoms with E-state index in [1.54, 1.807) is 26.4 Å². The largest absolute Gasteiger partial charge is 0.493 e. The van der Waals surface area contributed by atoms with Gasteiger partial charge in [0, 0.05) is 13.0 Å². The van der Waals surface area contributed by atoms with Crippen molar-refractivity contribution in [3.63, 3.8) is 0 Å². The quantitative estimate of drug-likeness (QED) is 0.678. The van der Waals surface area contributed by atoms with Gasteiger partial charge in [-0.05, 0) is 42.7 Å². The van der Waals surface area contributed by atoms with E-state index in [2.05, 4.69) is 27.8 Å². The monoisotopic (exact) mass is 358 g/mol. The Kier molecular flexibility index (Phi) is 7.67. The summed E-state index contributed by atoms with van der Waals surface area (Å²) in [5, 5.41) is 14.1. The lowest BCUT2D eigenvalue weighted by molar-refractivity contribution is -0.116. The Morgan fingerprint density at radius 2 is 1.77 bits per heavy atom. The van der Waals surface area contributed by atoms with Gasteiger partial charge in [0.15, 0.2) is 17.3 Å². The third kappa shape index (κ3) is 5.91. The third-order valence-corrected chi connectivity index (χ3v) is 3.86. The number of rotatable bonds is 10. The molecule has 0 saturated heterocycles. The van der Waals surface area contributed by atoms with Crippen LogP contribution >= 0.6 is 0 Å². The fourth-order valence-corrected chi connectivity index (χ4v) is 2.41. The first kappa shape index (κ1) is 19.5. The van der Waals surface area contributed by atoms with Gasteiger partial charge in [0.05, 0.1) is 14.2 Å². The first-order valence-corrected chi connectivity index (χ1v) is 8.74. The number of benzene rings is 1. The van der Waals surface area contributed by atoms with Gasteiger partial charge in [-0.25, -0.2) is 0 Å². The second kappa shape index (κ2) is 10.2. The molecule has 0 aliphatic rings. The van der Waals surface area contributed by atoms with Gasteiger partial charge in [-0.15, -0.1) is 10.2 Å². The maximum atomic E-state index is 11.7. The molecular weight excluding hydrogens is 332 g/mol. The zero-order chi connectivity index (χ0) is 18.8. The second-order valence-electron chi connectivity index (χ2n) is 5.82. The van der Waals surface area contributed by atoms with Gasteiger partial charge in [-0.2, -0.15) is 0 Å². The highest BCUT2D eigenvalue weighted by Gasteiger charge is 2.06. The average molecular weight is 358 g/mol. The fourth-order valence-electron chi connectivity index (χ4n) is 2.41. The molecule has 1 aromatic heterocycles. The molecule has 0 bridgehead atoms. The van der Waals surface area contributed by atoms with E-state index in [1.807, 2.05) is 18.2 Å². The minimum Gasteiger partial charge on any atom is -0.493 e. The zero-order valence-corrected chi connectivity index (χ0v) is 15.5. The molecule has 0 aliphatic carbocycles. The van der Waals surface area contributed by atoms with Crippen molar-refractivity contribution in [2.45, 2.75) is 32.6 Å². The molecule has 7 nitrogen and oxygen atoms in total. The van der Waals surface area contributed by atoms with Gasteiger partial charge in [0.1, 0.15) is 5.82 Å². The summed E-state index contributed by atoms with van der Waals surface area (Å²) >= 11 is 0. The molecular formula is C19H26N4O3. The lowest BCUT2D eigenvalue weighted by Crippen LogP contribution is -2.13. The number of hydrogen-bond acceptors (Lipinski definition) is 6. The lowest BCUT2D eigenvalue weighted by atomic mass is 10.1. The molecule has 1 aromatic carbocycles.